The minimum Gasteiger partial charge on any atom is -0.454 e. The van der Waals surface area contributed by atoms with Gasteiger partial charge in [-0.2, -0.15) is 10.1 Å². The van der Waals surface area contributed by atoms with Crippen molar-refractivity contribution in [2.75, 3.05) is 18.0 Å². The Balaban J connectivity index is 1.28. The normalized spacial score (nSPS) is 16.4. The van der Waals surface area contributed by atoms with Gasteiger partial charge in [-0.15, -0.1) is 5.10 Å². The van der Waals surface area contributed by atoms with E-state index in [0.29, 0.717) is 28.6 Å². The molecule has 3 N–H and O–H groups in total. The Morgan fingerprint density at radius 3 is 3.00 bits per heavy atom. The van der Waals surface area contributed by atoms with Crippen LogP contribution in [0.4, 0.5) is 5.95 Å². The quantitative estimate of drug-likeness (QED) is 0.370. The number of nitrogens with one attached hydrogen (secondary N) is 3. The molecule has 1 saturated carbocycles. The number of carbonyl (C=O) groups is 1. The summed E-state index contributed by atoms with van der Waals surface area (Å²) in [5.41, 5.74) is 4.53. The first-order valence-corrected chi connectivity index (χ1v) is 10.2. The second kappa shape index (κ2) is 8.51. The van der Waals surface area contributed by atoms with Crippen LogP contribution in [0.15, 0.2) is 28.5 Å². The van der Waals surface area contributed by atoms with E-state index in [2.05, 4.69) is 31.0 Å². The van der Waals surface area contributed by atoms with Crippen LogP contribution in [0.1, 0.15) is 38.2 Å². The van der Waals surface area contributed by atoms with E-state index in [0.717, 1.165) is 29.9 Å². The van der Waals surface area contributed by atoms with Crippen LogP contribution in [0.2, 0.25) is 0 Å². The summed E-state index contributed by atoms with van der Waals surface area (Å²) in [6.45, 7) is 2.12. The molecule has 1 amide bonds. The Kier molecular flexibility index (Phi) is 5.65. The van der Waals surface area contributed by atoms with Crippen LogP contribution in [0.25, 0.3) is 0 Å². The number of aromatic amines is 1. The third-order valence-electron chi connectivity index (χ3n) is 4.64. The van der Waals surface area contributed by atoms with Gasteiger partial charge in [0.15, 0.2) is 11.5 Å². The van der Waals surface area contributed by atoms with Gasteiger partial charge >= 0.3 is 0 Å². The fourth-order valence-electron chi connectivity index (χ4n) is 3.15. The van der Waals surface area contributed by atoms with Crippen LogP contribution in [-0.4, -0.2) is 45.4 Å². The number of thioether (sulfide) groups is 1. The zero-order valence-corrected chi connectivity index (χ0v) is 16.3. The van der Waals surface area contributed by atoms with Gasteiger partial charge in [-0.3, -0.25) is 4.79 Å². The number of aromatic nitrogens is 3. The molecule has 0 bridgehead atoms. The average molecular weight is 402 g/mol. The number of rotatable bonds is 7. The highest BCUT2D eigenvalue weighted by Crippen LogP contribution is 2.32. The molecular weight excluding hydrogens is 380 g/mol. The molecule has 1 fully saturated rings. The number of amides is 1. The van der Waals surface area contributed by atoms with Gasteiger partial charge in [0.2, 0.25) is 23.8 Å². The monoisotopic (exact) mass is 402 g/mol. The number of anilines is 1. The van der Waals surface area contributed by atoms with E-state index in [1.54, 1.807) is 0 Å². The molecule has 0 saturated heterocycles. The summed E-state index contributed by atoms with van der Waals surface area (Å²) in [6, 6.07) is 5.98. The van der Waals surface area contributed by atoms with Crippen LogP contribution >= 0.6 is 11.8 Å². The highest BCUT2D eigenvalue weighted by Gasteiger charge is 2.17. The molecule has 28 heavy (non-hydrogen) atoms. The highest BCUT2D eigenvalue weighted by molar-refractivity contribution is 7.99. The molecule has 1 aliphatic carbocycles. The average Bonchev–Trinajstić information content (AvgIpc) is 3.45. The lowest BCUT2D eigenvalue weighted by Crippen LogP contribution is -2.33. The summed E-state index contributed by atoms with van der Waals surface area (Å²) in [7, 11) is 0. The van der Waals surface area contributed by atoms with Crippen LogP contribution in [0.3, 0.4) is 0 Å². The number of hydrazone groups is 1. The Labute approximate surface area is 166 Å². The molecule has 0 unspecified atom stereocenters. The molecule has 148 valence electrons. The number of hydrogen-bond acceptors (Lipinski definition) is 8. The molecule has 0 spiro atoms. The molecule has 1 aromatic carbocycles. The smallest absolute Gasteiger partial charge is 0.240 e. The second-order valence-electron chi connectivity index (χ2n) is 6.68. The van der Waals surface area contributed by atoms with Gasteiger partial charge in [-0.1, -0.05) is 24.6 Å². The topological polar surface area (TPSA) is 114 Å². The summed E-state index contributed by atoms with van der Waals surface area (Å²) in [6.07, 6.45) is 4.54. The van der Waals surface area contributed by atoms with E-state index in [4.69, 9.17) is 9.47 Å². The molecule has 0 atom stereocenters. The van der Waals surface area contributed by atoms with E-state index in [1.807, 2.05) is 25.1 Å². The molecule has 2 aromatic rings. The van der Waals surface area contributed by atoms with Crippen LogP contribution in [0.5, 0.6) is 11.5 Å². The lowest BCUT2D eigenvalue weighted by atomic mass is 10.1. The predicted octanol–water partition coefficient (Wildman–Crippen LogP) is 2.52. The van der Waals surface area contributed by atoms with Crippen LogP contribution in [-0.2, 0) is 4.79 Å². The highest BCUT2D eigenvalue weighted by atomic mass is 32.2. The summed E-state index contributed by atoms with van der Waals surface area (Å²) < 4.78 is 10.7. The fraction of sp³-hybridized carbons (Fsp3) is 0.444. The molecule has 2 aliphatic rings. The van der Waals surface area contributed by atoms with Gasteiger partial charge in [-0.05, 0) is 38.0 Å². The largest absolute Gasteiger partial charge is 0.454 e. The summed E-state index contributed by atoms with van der Waals surface area (Å²) in [4.78, 5) is 16.3. The third-order valence-corrected chi connectivity index (χ3v) is 5.48. The van der Waals surface area contributed by atoms with E-state index >= 15 is 0 Å². The third kappa shape index (κ3) is 4.56. The number of nitrogens with zero attached hydrogens (tertiary/aromatic N) is 3. The van der Waals surface area contributed by atoms with Gasteiger partial charge in [0, 0.05) is 11.6 Å². The van der Waals surface area contributed by atoms with Crippen molar-refractivity contribution in [1.29, 1.82) is 0 Å². The first-order chi connectivity index (χ1) is 13.7. The SMILES string of the molecule is C/C(=N\Nc1nc(SCC(=O)NC2CCCC2)n[nH]1)c1ccc2c(c1)OCO2. The van der Waals surface area contributed by atoms with Gasteiger partial charge < -0.3 is 14.8 Å². The maximum absolute atomic E-state index is 12.0. The minimum absolute atomic E-state index is 0.0212. The molecule has 0 radical (unpaired) electrons. The maximum Gasteiger partial charge on any atom is 0.240 e. The number of benzene rings is 1. The second-order valence-corrected chi connectivity index (χ2v) is 7.62. The van der Waals surface area contributed by atoms with Gasteiger partial charge in [0.05, 0.1) is 11.5 Å². The zero-order chi connectivity index (χ0) is 19.3. The maximum atomic E-state index is 12.0. The first kappa shape index (κ1) is 18.6. The Morgan fingerprint density at radius 2 is 2.14 bits per heavy atom. The number of H-pyrrole nitrogens is 1. The van der Waals surface area contributed by atoms with Crippen LogP contribution in [0, 0.1) is 0 Å². The molecule has 4 rings (SSSR count). The van der Waals surface area contributed by atoms with Crippen molar-refractivity contribution >= 4 is 29.3 Å². The Morgan fingerprint density at radius 1 is 1.32 bits per heavy atom. The van der Waals surface area contributed by atoms with Crippen molar-refractivity contribution in [2.24, 2.45) is 5.10 Å². The molecule has 1 aliphatic heterocycles. The lowest BCUT2D eigenvalue weighted by Gasteiger charge is -2.10. The van der Waals surface area contributed by atoms with Gasteiger partial charge in [-0.25, -0.2) is 10.5 Å². The number of carbonyl (C=O) groups excluding carboxylic acids is 1. The molecule has 9 nitrogen and oxygen atoms in total. The van der Waals surface area contributed by atoms with Crippen molar-refractivity contribution in [3.8, 4) is 11.5 Å². The van der Waals surface area contributed by atoms with Crippen LogP contribution < -0.4 is 20.2 Å². The predicted molar refractivity (Wildman–Crippen MR) is 106 cm³/mol. The van der Waals surface area contributed by atoms with E-state index in [-0.39, 0.29) is 12.7 Å². The Hall–Kier alpha value is -2.75. The first-order valence-electron chi connectivity index (χ1n) is 9.22. The van der Waals surface area contributed by atoms with Crippen molar-refractivity contribution < 1.29 is 14.3 Å². The lowest BCUT2D eigenvalue weighted by molar-refractivity contribution is -0.119. The van der Waals surface area contributed by atoms with E-state index in [1.165, 1.54) is 24.6 Å². The number of fused-ring (bicyclic) bond motifs is 1. The summed E-state index contributed by atoms with van der Waals surface area (Å²) >= 11 is 1.29. The number of ether oxygens (including phenoxy) is 2. The Bertz CT molecular complexity index is 878. The van der Waals surface area contributed by atoms with Crippen molar-refractivity contribution in [1.82, 2.24) is 20.5 Å². The number of hydrogen-bond donors (Lipinski definition) is 3. The summed E-state index contributed by atoms with van der Waals surface area (Å²) in [5.74, 6) is 2.18. The van der Waals surface area contributed by atoms with E-state index in [9.17, 15) is 4.79 Å². The molecule has 1 aromatic heterocycles. The van der Waals surface area contributed by atoms with Crippen molar-refractivity contribution in [3.05, 3.63) is 23.8 Å². The molecule has 2 heterocycles. The standard InChI is InChI=1S/C18H22N6O3S/c1-11(12-6-7-14-15(8-12)27-10-26-14)21-22-17-20-18(24-23-17)28-9-16(25)19-13-4-2-3-5-13/h6-8,13H,2-5,9-10H2,1H3,(H,19,25)(H2,20,22,23,24)/b21-11+. The molecule has 10 heteroatoms. The van der Waals surface area contributed by atoms with E-state index < -0.39 is 0 Å². The molecular formula is C18H22N6O3S. The zero-order valence-electron chi connectivity index (χ0n) is 15.5. The van der Waals surface area contributed by atoms with Crippen molar-refractivity contribution in [3.63, 3.8) is 0 Å². The van der Waals surface area contributed by atoms with Crippen molar-refractivity contribution in [2.45, 2.75) is 43.8 Å². The summed E-state index contributed by atoms with van der Waals surface area (Å²) in [5, 5.41) is 14.7. The van der Waals surface area contributed by atoms with Gasteiger partial charge in [0.1, 0.15) is 0 Å². The fourth-order valence-corrected chi connectivity index (χ4v) is 3.76. The minimum atomic E-state index is 0.0212. The van der Waals surface area contributed by atoms with Gasteiger partial charge in [0.25, 0.3) is 0 Å².